The zero-order valence-corrected chi connectivity index (χ0v) is 11.8. The van der Waals surface area contributed by atoms with Crippen LogP contribution in [0, 0.1) is 6.92 Å². The van der Waals surface area contributed by atoms with Crippen LogP contribution in [0.25, 0.3) is 10.9 Å². The molecule has 2 aromatic rings. The van der Waals surface area contributed by atoms with Gasteiger partial charge in [0.25, 0.3) is 0 Å². The van der Waals surface area contributed by atoms with E-state index in [1.807, 2.05) is 6.08 Å². The Bertz CT molecular complexity index is 623. The highest BCUT2D eigenvalue weighted by Gasteiger charge is 2.32. The number of aromatic nitrogens is 1. The molecule has 19 heavy (non-hydrogen) atoms. The molecule has 0 saturated heterocycles. The Morgan fingerprint density at radius 2 is 2.26 bits per heavy atom. The molecule has 1 aliphatic heterocycles. The molecule has 1 atom stereocenters. The van der Waals surface area contributed by atoms with E-state index in [9.17, 15) is 0 Å². The molecule has 0 spiro atoms. The van der Waals surface area contributed by atoms with Gasteiger partial charge in [-0.3, -0.25) is 0 Å². The molecule has 1 unspecified atom stereocenters. The largest absolute Gasteiger partial charge is 0.358 e. The zero-order chi connectivity index (χ0) is 13.5. The van der Waals surface area contributed by atoms with Crippen molar-refractivity contribution < 1.29 is 0 Å². The first-order chi connectivity index (χ1) is 9.14. The number of aromatic amines is 1. The predicted octanol–water partition coefficient (Wildman–Crippen LogP) is 3.80. The summed E-state index contributed by atoms with van der Waals surface area (Å²) in [6.45, 7) is 10.5. The normalized spacial score (nSPS) is 23.1. The Labute approximate surface area is 114 Å². The molecule has 0 radical (unpaired) electrons. The van der Waals surface area contributed by atoms with Crippen molar-refractivity contribution in [2.45, 2.75) is 38.6 Å². The van der Waals surface area contributed by atoms with Gasteiger partial charge in [-0.15, -0.1) is 6.58 Å². The third-order valence-corrected chi connectivity index (χ3v) is 4.42. The van der Waals surface area contributed by atoms with Gasteiger partial charge in [-0.2, -0.15) is 0 Å². The van der Waals surface area contributed by atoms with Crippen molar-refractivity contribution in [3.8, 4) is 0 Å². The van der Waals surface area contributed by atoms with Crippen LogP contribution in [0.15, 0.2) is 30.9 Å². The van der Waals surface area contributed by atoms with Crippen LogP contribution in [-0.4, -0.2) is 11.5 Å². The Hall–Kier alpha value is -1.54. The molecule has 2 heterocycles. The molecule has 2 N–H and O–H groups in total. The van der Waals surface area contributed by atoms with Crippen molar-refractivity contribution in [3.63, 3.8) is 0 Å². The van der Waals surface area contributed by atoms with Crippen LogP contribution in [0.5, 0.6) is 0 Å². The molecule has 1 aromatic carbocycles. The molecule has 0 saturated carbocycles. The zero-order valence-electron chi connectivity index (χ0n) is 11.8. The van der Waals surface area contributed by atoms with Crippen LogP contribution in [0.2, 0.25) is 0 Å². The van der Waals surface area contributed by atoms with E-state index in [0.29, 0.717) is 0 Å². The number of nitrogens with one attached hydrogen (secondary N) is 2. The van der Waals surface area contributed by atoms with Gasteiger partial charge in [0.15, 0.2) is 0 Å². The van der Waals surface area contributed by atoms with E-state index >= 15 is 0 Å². The summed E-state index contributed by atoms with van der Waals surface area (Å²) in [5.74, 6) is 0. The van der Waals surface area contributed by atoms with Crippen molar-refractivity contribution in [2.75, 3.05) is 6.54 Å². The number of fused-ring (bicyclic) bond motifs is 3. The fourth-order valence-corrected chi connectivity index (χ4v) is 3.29. The van der Waals surface area contributed by atoms with Gasteiger partial charge in [0, 0.05) is 28.6 Å². The number of benzene rings is 1. The maximum Gasteiger partial charge on any atom is 0.0459 e. The first-order valence-electron chi connectivity index (χ1n) is 7.07. The monoisotopic (exact) mass is 254 g/mol. The lowest BCUT2D eigenvalue weighted by atomic mass is 9.79. The second-order valence-corrected chi connectivity index (χ2v) is 6.01. The van der Waals surface area contributed by atoms with Crippen LogP contribution in [0.4, 0.5) is 0 Å². The molecule has 1 aromatic heterocycles. The average Bonchev–Trinajstić information content (AvgIpc) is 2.66. The molecule has 1 aliphatic rings. The molecular weight excluding hydrogens is 232 g/mol. The van der Waals surface area contributed by atoms with Crippen LogP contribution in [0.3, 0.4) is 0 Å². The Balaban J connectivity index is 2.24. The van der Waals surface area contributed by atoms with Crippen LogP contribution >= 0.6 is 0 Å². The van der Waals surface area contributed by atoms with Gasteiger partial charge in [-0.05, 0) is 44.0 Å². The first-order valence-corrected chi connectivity index (χ1v) is 7.07. The van der Waals surface area contributed by atoms with Crippen molar-refractivity contribution in [1.82, 2.24) is 10.3 Å². The van der Waals surface area contributed by atoms with Gasteiger partial charge in [0.1, 0.15) is 0 Å². The van der Waals surface area contributed by atoms with Gasteiger partial charge >= 0.3 is 0 Å². The third kappa shape index (κ3) is 2.00. The number of H-pyrrole nitrogens is 1. The standard InChI is InChI=1S/C17H22N2/c1-4-7-17(3)8-9-18-11-14-13-10-12(2)5-6-15(13)19-16(14)17/h4-6,10,18-19H,1,7-9,11H2,2-3H3. The highest BCUT2D eigenvalue weighted by molar-refractivity contribution is 5.86. The quantitative estimate of drug-likeness (QED) is 0.784. The fourth-order valence-electron chi connectivity index (χ4n) is 3.29. The van der Waals surface area contributed by atoms with Crippen LogP contribution in [-0.2, 0) is 12.0 Å². The summed E-state index contributed by atoms with van der Waals surface area (Å²) >= 11 is 0. The number of allylic oxidation sites excluding steroid dienone is 1. The summed E-state index contributed by atoms with van der Waals surface area (Å²) in [5.41, 5.74) is 5.60. The lowest BCUT2D eigenvalue weighted by molar-refractivity contribution is 0.430. The van der Waals surface area contributed by atoms with Gasteiger partial charge in [0.05, 0.1) is 0 Å². The van der Waals surface area contributed by atoms with Crippen molar-refractivity contribution in [3.05, 3.63) is 47.7 Å². The van der Waals surface area contributed by atoms with Crippen molar-refractivity contribution >= 4 is 10.9 Å². The van der Waals surface area contributed by atoms with Gasteiger partial charge in [0.2, 0.25) is 0 Å². The Morgan fingerprint density at radius 1 is 1.42 bits per heavy atom. The topological polar surface area (TPSA) is 27.8 Å². The summed E-state index contributed by atoms with van der Waals surface area (Å²) in [6.07, 6.45) is 4.22. The first kappa shape index (κ1) is 12.5. The highest BCUT2D eigenvalue weighted by Crippen LogP contribution is 2.38. The van der Waals surface area contributed by atoms with Gasteiger partial charge < -0.3 is 10.3 Å². The Morgan fingerprint density at radius 3 is 3.05 bits per heavy atom. The lowest BCUT2D eigenvalue weighted by Crippen LogP contribution is -2.24. The third-order valence-electron chi connectivity index (χ3n) is 4.42. The maximum atomic E-state index is 3.94. The minimum absolute atomic E-state index is 0.174. The molecule has 0 amide bonds. The summed E-state index contributed by atoms with van der Waals surface area (Å²) in [7, 11) is 0. The van der Waals surface area contributed by atoms with Crippen LogP contribution in [0.1, 0.15) is 36.6 Å². The number of aryl methyl sites for hydroxylation is 1. The predicted molar refractivity (Wildman–Crippen MR) is 81.5 cm³/mol. The summed E-state index contributed by atoms with van der Waals surface area (Å²) < 4.78 is 0. The van der Waals surface area contributed by atoms with E-state index in [1.165, 1.54) is 27.7 Å². The molecule has 0 aliphatic carbocycles. The molecular formula is C17H22N2. The van der Waals surface area contributed by atoms with Gasteiger partial charge in [-0.1, -0.05) is 24.6 Å². The SMILES string of the molecule is C=CCC1(C)CCNCc2c1[nH]c1ccc(C)cc21. The number of rotatable bonds is 2. The molecule has 3 rings (SSSR count). The van der Waals surface area contributed by atoms with E-state index in [1.54, 1.807) is 0 Å². The Kier molecular flexibility index (Phi) is 2.98. The molecule has 100 valence electrons. The average molecular weight is 254 g/mol. The summed E-state index contributed by atoms with van der Waals surface area (Å²) in [5, 5.41) is 4.94. The lowest BCUT2D eigenvalue weighted by Gasteiger charge is -2.26. The molecule has 0 fully saturated rings. The van der Waals surface area contributed by atoms with E-state index in [4.69, 9.17) is 0 Å². The molecule has 2 nitrogen and oxygen atoms in total. The van der Waals surface area contributed by atoms with Crippen molar-refractivity contribution in [1.29, 1.82) is 0 Å². The van der Waals surface area contributed by atoms with Crippen molar-refractivity contribution in [2.24, 2.45) is 0 Å². The van der Waals surface area contributed by atoms with Crippen LogP contribution < -0.4 is 5.32 Å². The van der Waals surface area contributed by atoms with E-state index in [0.717, 1.165) is 25.9 Å². The second-order valence-electron chi connectivity index (χ2n) is 6.01. The second kappa shape index (κ2) is 4.53. The molecule has 2 heteroatoms. The number of hydrogen-bond donors (Lipinski definition) is 2. The highest BCUT2D eigenvalue weighted by atomic mass is 14.9. The maximum absolute atomic E-state index is 3.94. The van der Waals surface area contributed by atoms with E-state index in [-0.39, 0.29) is 5.41 Å². The minimum atomic E-state index is 0.174. The summed E-state index contributed by atoms with van der Waals surface area (Å²) in [6, 6.07) is 6.68. The molecule has 0 bridgehead atoms. The number of hydrogen-bond acceptors (Lipinski definition) is 1. The van der Waals surface area contributed by atoms with E-state index in [2.05, 4.69) is 48.9 Å². The summed E-state index contributed by atoms with van der Waals surface area (Å²) in [4.78, 5) is 3.67. The smallest absolute Gasteiger partial charge is 0.0459 e. The van der Waals surface area contributed by atoms with Gasteiger partial charge in [-0.25, -0.2) is 0 Å². The fraction of sp³-hybridized carbons (Fsp3) is 0.412. The van der Waals surface area contributed by atoms with E-state index < -0.39 is 0 Å². The minimum Gasteiger partial charge on any atom is -0.358 e.